The molecule has 1 saturated carbocycles. The normalized spacial score (nSPS) is 37.8. The van der Waals surface area contributed by atoms with Gasteiger partial charge in [0.25, 0.3) is 0 Å². The van der Waals surface area contributed by atoms with Gasteiger partial charge in [-0.05, 0) is 31.7 Å². The van der Waals surface area contributed by atoms with Crippen LogP contribution in [0.15, 0.2) is 0 Å². The fraction of sp³-hybridized carbons (Fsp3) is 0.923. The number of rotatable bonds is 2. The van der Waals surface area contributed by atoms with E-state index in [-0.39, 0.29) is 25.4 Å². The molecule has 5 heteroatoms. The van der Waals surface area contributed by atoms with Crippen LogP contribution in [-0.2, 0) is 4.79 Å². The molecule has 18 heavy (non-hydrogen) atoms. The number of halogens is 3. The van der Waals surface area contributed by atoms with E-state index >= 15 is 0 Å². The summed E-state index contributed by atoms with van der Waals surface area (Å²) in [7, 11) is 0. The largest absolute Gasteiger partial charge is 0.402 e. The van der Waals surface area contributed by atoms with Crippen LogP contribution in [-0.4, -0.2) is 25.0 Å². The van der Waals surface area contributed by atoms with Crippen molar-refractivity contribution in [3.8, 4) is 0 Å². The minimum absolute atomic E-state index is 0.0958. The number of alkyl halides is 3. The van der Waals surface area contributed by atoms with Gasteiger partial charge >= 0.3 is 6.18 Å². The van der Waals surface area contributed by atoms with Crippen molar-refractivity contribution < 1.29 is 18.0 Å². The van der Waals surface area contributed by atoms with E-state index in [9.17, 15) is 18.0 Å². The molecule has 0 aromatic heterocycles. The first-order chi connectivity index (χ1) is 8.37. The number of carbonyl (C=O) groups is 1. The third kappa shape index (κ3) is 2.29. The fourth-order valence-electron chi connectivity index (χ4n) is 3.20. The summed E-state index contributed by atoms with van der Waals surface area (Å²) in [6.45, 7) is 2.15. The maximum Gasteiger partial charge on any atom is 0.402 e. The van der Waals surface area contributed by atoms with E-state index < -0.39 is 17.4 Å². The van der Waals surface area contributed by atoms with Crippen LogP contribution in [0, 0.1) is 17.3 Å². The lowest BCUT2D eigenvalue weighted by Gasteiger charge is -2.35. The van der Waals surface area contributed by atoms with Gasteiger partial charge < -0.3 is 5.32 Å². The Morgan fingerprint density at radius 3 is 2.28 bits per heavy atom. The third-order valence-electron chi connectivity index (χ3n) is 4.56. The van der Waals surface area contributed by atoms with Gasteiger partial charge in [0.05, 0.1) is 0 Å². The van der Waals surface area contributed by atoms with Crippen LogP contribution in [0.5, 0.6) is 0 Å². The molecule has 2 nitrogen and oxygen atoms in total. The number of Topliss-reactive ketones (excluding diaryl/α,β-unsaturated/α-hetero) is 1. The van der Waals surface area contributed by atoms with E-state index in [2.05, 4.69) is 12.2 Å². The molecule has 2 aliphatic rings. The highest BCUT2D eigenvalue weighted by atomic mass is 19.4. The molecule has 0 bridgehead atoms. The topological polar surface area (TPSA) is 29.1 Å². The first kappa shape index (κ1) is 13.8. The fourth-order valence-corrected chi connectivity index (χ4v) is 3.20. The van der Waals surface area contributed by atoms with Crippen LogP contribution in [0.3, 0.4) is 0 Å². The molecular weight excluding hydrogens is 243 g/mol. The molecule has 1 atom stereocenters. The highest BCUT2D eigenvalue weighted by molar-refractivity contribution is 5.88. The summed E-state index contributed by atoms with van der Waals surface area (Å²) < 4.78 is 39.7. The second kappa shape index (κ2) is 4.83. The highest BCUT2D eigenvalue weighted by Gasteiger charge is 2.61. The summed E-state index contributed by atoms with van der Waals surface area (Å²) in [4.78, 5) is 12.3. The summed E-state index contributed by atoms with van der Waals surface area (Å²) in [5.41, 5.74) is -2.11. The first-order valence-electron chi connectivity index (χ1n) is 6.68. The Hall–Kier alpha value is -0.580. The lowest BCUT2D eigenvalue weighted by Crippen LogP contribution is -2.49. The molecule has 0 aromatic rings. The lowest BCUT2D eigenvalue weighted by molar-refractivity contribution is -0.217. The van der Waals surface area contributed by atoms with E-state index in [1.165, 1.54) is 0 Å². The molecular formula is C13H20F3NO. The minimum Gasteiger partial charge on any atom is -0.315 e. The quantitative estimate of drug-likeness (QED) is 0.830. The third-order valence-corrected chi connectivity index (χ3v) is 4.56. The zero-order chi connectivity index (χ0) is 13.4. The number of hydrogen-bond donors (Lipinski definition) is 1. The van der Waals surface area contributed by atoms with Crippen LogP contribution >= 0.6 is 0 Å². The minimum atomic E-state index is -4.42. The molecule has 0 spiro atoms. The molecule has 0 amide bonds. The van der Waals surface area contributed by atoms with E-state index in [4.69, 9.17) is 0 Å². The highest BCUT2D eigenvalue weighted by Crippen LogP contribution is 2.47. The van der Waals surface area contributed by atoms with Gasteiger partial charge in [0.1, 0.15) is 5.41 Å². The standard InChI is InChI=1S/C13H20F3NO/c1-9-2-4-10(5-3-9)11(18)12(13(14,15)16)6-7-17-8-12/h9-10,17H,2-8H2,1H3. The first-order valence-corrected chi connectivity index (χ1v) is 6.68. The molecule has 2 rings (SSSR count). The van der Waals surface area contributed by atoms with Crippen molar-refractivity contribution in [1.29, 1.82) is 0 Å². The molecule has 104 valence electrons. The number of nitrogens with one attached hydrogen (secondary N) is 1. The average molecular weight is 263 g/mol. The molecule has 1 heterocycles. The van der Waals surface area contributed by atoms with E-state index in [1.54, 1.807) is 0 Å². The summed E-state index contributed by atoms with van der Waals surface area (Å²) in [5, 5.41) is 2.71. The Balaban J connectivity index is 2.14. The maximum atomic E-state index is 13.2. The molecule has 1 saturated heterocycles. The molecule has 1 unspecified atom stereocenters. The van der Waals surface area contributed by atoms with E-state index in [0.29, 0.717) is 18.8 Å². The van der Waals surface area contributed by atoms with Crippen molar-refractivity contribution in [2.75, 3.05) is 13.1 Å². The van der Waals surface area contributed by atoms with Crippen molar-refractivity contribution in [2.45, 2.75) is 45.2 Å². The Bertz CT molecular complexity index is 313. The van der Waals surface area contributed by atoms with Crippen LogP contribution in [0.4, 0.5) is 13.2 Å². The van der Waals surface area contributed by atoms with Crippen molar-refractivity contribution in [3.05, 3.63) is 0 Å². The molecule has 1 aliphatic heterocycles. The summed E-state index contributed by atoms with van der Waals surface area (Å²) in [5.74, 6) is -0.410. The van der Waals surface area contributed by atoms with Crippen LogP contribution in [0.25, 0.3) is 0 Å². The van der Waals surface area contributed by atoms with Crippen LogP contribution in [0.2, 0.25) is 0 Å². The molecule has 1 aliphatic carbocycles. The van der Waals surface area contributed by atoms with Gasteiger partial charge in [-0.2, -0.15) is 13.2 Å². The van der Waals surface area contributed by atoms with Gasteiger partial charge in [-0.3, -0.25) is 4.79 Å². The smallest absolute Gasteiger partial charge is 0.315 e. The van der Waals surface area contributed by atoms with E-state index in [0.717, 1.165) is 12.8 Å². The zero-order valence-corrected chi connectivity index (χ0v) is 10.6. The summed E-state index contributed by atoms with van der Waals surface area (Å²) >= 11 is 0. The number of hydrogen-bond acceptors (Lipinski definition) is 2. The molecule has 1 N–H and O–H groups in total. The lowest BCUT2D eigenvalue weighted by atomic mass is 9.70. The Morgan fingerprint density at radius 1 is 1.22 bits per heavy atom. The van der Waals surface area contributed by atoms with Crippen molar-refractivity contribution in [1.82, 2.24) is 5.32 Å². The van der Waals surface area contributed by atoms with Crippen molar-refractivity contribution in [3.63, 3.8) is 0 Å². The number of carbonyl (C=O) groups excluding carboxylic acids is 1. The Labute approximate surface area is 105 Å². The van der Waals surface area contributed by atoms with Gasteiger partial charge in [0, 0.05) is 12.5 Å². The van der Waals surface area contributed by atoms with Crippen molar-refractivity contribution in [2.24, 2.45) is 17.3 Å². The average Bonchev–Trinajstić information content (AvgIpc) is 2.78. The van der Waals surface area contributed by atoms with Crippen LogP contribution in [0.1, 0.15) is 39.0 Å². The number of ketones is 1. The maximum absolute atomic E-state index is 13.2. The molecule has 0 radical (unpaired) electrons. The van der Waals surface area contributed by atoms with Gasteiger partial charge in [0.2, 0.25) is 0 Å². The molecule has 2 fully saturated rings. The van der Waals surface area contributed by atoms with E-state index in [1.807, 2.05) is 0 Å². The molecule has 0 aromatic carbocycles. The Morgan fingerprint density at radius 2 is 1.83 bits per heavy atom. The second-order valence-electron chi connectivity index (χ2n) is 5.83. The monoisotopic (exact) mass is 263 g/mol. The predicted octanol–water partition coefficient (Wildman–Crippen LogP) is 2.92. The van der Waals surface area contributed by atoms with Gasteiger partial charge in [-0.25, -0.2) is 0 Å². The van der Waals surface area contributed by atoms with Gasteiger partial charge in [-0.15, -0.1) is 0 Å². The van der Waals surface area contributed by atoms with Gasteiger partial charge in [0.15, 0.2) is 5.78 Å². The predicted molar refractivity (Wildman–Crippen MR) is 62.1 cm³/mol. The summed E-state index contributed by atoms with van der Waals surface area (Å²) in [6, 6.07) is 0. The van der Waals surface area contributed by atoms with Crippen LogP contribution < -0.4 is 5.32 Å². The van der Waals surface area contributed by atoms with Crippen molar-refractivity contribution >= 4 is 5.78 Å². The second-order valence-corrected chi connectivity index (χ2v) is 5.83. The summed E-state index contributed by atoms with van der Waals surface area (Å²) in [6.07, 6.45) is -1.52. The zero-order valence-electron chi connectivity index (χ0n) is 10.6. The SMILES string of the molecule is CC1CCC(C(=O)C2(C(F)(F)F)CCNC2)CC1. The Kier molecular flexibility index (Phi) is 3.72. The van der Waals surface area contributed by atoms with Gasteiger partial charge in [-0.1, -0.05) is 19.8 Å².